The molecule has 1 aliphatic heterocycles. The average Bonchev–Trinajstić information content (AvgIpc) is 3.04. The number of nitrogen functional groups attached to an aromatic ring is 1. The average molecular weight is 394 g/mol. The van der Waals surface area contributed by atoms with Crippen LogP contribution in [0.3, 0.4) is 0 Å². The van der Waals surface area contributed by atoms with E-state index in [2.05, 4.69) is 21.8 Å². The van der Waals surface area contributed by atoms with E-state index in [1.54, 1.807) is 0 Å². The zero-order chi connectivity index (χ0) is 17.8. The van der Waals surface area contributed by atoms with Crippen molar-refractivity contribution in [3.05, 3.63) is 35.0 Å². The lowest BCUT2D eigenvalue weighted by atomic mass is 10.00. The van der Waals surface area contributed by atoms with Crippen molar-refractivity contribution in [2.75, 3.05) is 23.7 Å². The molecular formula is C19H25Cl2N5. The summed E-state index contributed by atoms with van der Waals surface area (Å²) < 4.78 is 0. The monoisotopic (exact) mass is 393 g/mol. The van der Waals surface area contributed by atoms with Gasteiger partial charge >= 0.3 is 0 Å². The molecule has 2 aliphatic rings. The summed E-state index contributed by atoms with van der Waals surface area (Å²) in [5, 5.41) is 0.675. The number of aryl methyl sites for hydroxylation is 1. The summed E-state index contributed by atoms with van der Waals surface area (Å²) in [4.78, 5) is 11.5. The first-order valence-electron chi connectivity index (χ1n) is 8.76. The van der Waals surface area contributed by atoms with Crippen LogP contribution in [-0.2, 0) is 0 Å². The summed E-state index contributed by atoms with van der Waals surface area (Å²) in [5.41, 5.74) is 15.0. The zero-order valence-corrected chi connectivity index (χ0v) is 16.6. The number of rotatable bonds is 2. The Morgan fingerprint density at radius 3 is 2.50 bits per heavy atom. The van der Waals surface area contributed by atoms with E-state index in [1.165, 1.54) is 0 Å². The second-order valence-electron chi connectivity index (χ2n) is 7.89. The summed E-state index contributed by atoms with van der Waals surface area (Å²) in [7, 11) is 0. The summed E-state index contributed by atoms with van der Waals surface area (Å²) >= 11 is 6.41. The van der Waals surface area contributed by atoms with Gasteiger partial charge in [-0.3, -0.25) is 0 Å². The molecule has 7 heteroatoms. The number of aromatic nitrogens is 2. The van der Waals surface area contributed by atoms with Gasteiger partial charge in [0.15, 0.2) is 5.82 Å². The molecule has 140 valence electrons. The van der Waals surface area contributed by atoms with Crippen molar-refractivity contribution in [2.45, 2.75) is 32.2 Å². The molecule has 2 fully saturated rings. The molecule has 2 aromatic rings. The molecule has 0 radical (unpaired) electrons. The van der Waals surface area contributed by atoms with Gasteiger partial charge < -0.3 is 16.4 Å². The number of anilines is 2. The fourth-order valence-electron chi connectivity index (χ4n) is 4.45. The highest BCUT2D eigenvalue weighted by molar-refractivity contribution is 6.34. The van der Waals surface area contributed by atoms with E-state index in [0.29, 0.717) is 28.4 Å². The molecule has 4 N–H and O–H groups in total. The van der Waals surface area contributed by atoms with Gasteiger partial charge in [0, 0.05) is 24.2 Å². The second kappa shape index (κ2) is 6.87. The van der Waals surface area contributed by atoms with Crippen LogP contribution in [0.15, 0.2) is 24.4 Å². The molecule has 0 amide bonds. The highest BCUT2D eigenvalue weighted by atomic mass is 35.5. The van der Waals surface area contributed by atoms with E-state index in [-0.39, 0.29) is 17.9 Å². The Morgan fingerprint density at radius 2 is 1.88 bits per heavy atom. The first-order chi connectivity index (χ1) is 11.8. The van der Waals surface area contributed by atoms with Crippen LogP contribution in [0.4, 0.5) is 11.6 Å². The molecule has 1 saturated carbocycles. The minimum absolute atomic E-state index is 0. The van der Waals surface area contributed by atoms with Crippen molar-refractivity contribution in [3.8, 4) is 11.3 Å². The summed E-state index contributed by atoms with van der Waals surface area (Å²) in [6.45, 7) is 6.10. The van der Waals surface area contributed by atoms with E-state index in [0.717, 1.165) is 42.9 Å². The fourth-order valence-corrected chi connectivity index (χ4v) is 4.67. The molecule has 1 saturated heterocycles. The second-order valence-corrected chi connectivity index (χ2v) is 8.26. The summed E-state index contributed by atoms with van der Waals surface area (Å²) in [5.74, 6) is 2.55. The predicted octanol–water partition coefficient (Wildman–Crippen LogP) is 3.67. The first kappa shape index (κ1) is 19.2. The topological polar surface area (TPSA) is 81.1 Å². The summed E-state index contributed by atoms with van der Waals surface area (Å²) in [6.07, 6.45) is 3.97. The standard InChI is InChI=1S/C19H24ClN5.ClH/c1-11-4-3-5-14(16(11)20)17-18(21)24-15(8-23-17)25-9-12-6-19(2,22)7-13(12)10-25;/h3-5,8,12-13H,6-7,9-10,22H2,1-2H3,(H2,21,24);1H/t12-,13+,19?;. The van der Waals surface area contributed by atoms with Crippen molar-refractivity contribution in [3.63, 3.8) is 0 Å². The summed E-state index contributed by atoms with van der Waals surface area (Å²) in [6, 6.07) is 5.85. The van der Waals surface area contributed by atoms with Crippen LogP contribution < -0.4 is 16.4 Å². The molecule has 0 bridgehead atoms. The van der Waals surface area contributed by atoms with E-state index in [1.807, 2.05) is 31.3 Å². The van der Waals surface area contributed by atoms with Gasteiger partial charge in [-0.05, 0) is 44.1 Å². The van der Waals surface area contributed by atoms with Crippen molar-refractivity contribution in [2.24, 2.45) is 17.6 Å². The van der Waals surface area contributed by atoms with Gasteiger partial charge in [-0.1, -0.05) is 29.8 Å². The van der Waals surface area contributed by atoms with Crippen LogP contribution in [-0.4, -0.2) is 28.6 Å². The van der Waals surface area contributed by atoms with Gasteiger partial charge in [-0.25, -0.2) is 9.97 Å². The first-order valence-corrected chi connectivity index (χ1v) is 9.14. The number of fused-ring (bicyclic) bond motifs is 1. The van der Waals surface area contributed by atoms with Gasteiger partial charge in [0.25, 0.3) is 0 Å². The molecule has 3 atom stereocenters. The van der Waals surface area contributed by atoms with Crippen LogP contribution in [0.25, 0.3) is 11.3 Å². The normalized spacial score (nSPS) is 27.3. The maximum absolute atomic E-state index is 6.41. The number of hydrogen-bond donors (Lipinski definition) is 2. The minimum Gasteiger partial charge on any atom is -0.382 e. The maximum atomic E-state index is 6.41. The lowest BCUT2D eigenvalue weighted by molar-refractivity contribution is 0.449. The van der Waals surface area contributed by atoms with Gasteiger partial charge in [0.2, 0.25) is 0 Å². The van der Waals surface area contributed by atoms with Crippen molar-refractivity contribution < 1.29 is 0 Å². The SMILES string of the molecule is Cc1cccc(-c2ncc(N3C[C@@H]4CC(C)(N)C[C@@H]4C3)nc2N)c1Cl.Cl. The highest BCUT2D eigenvalue weighted by Crippen LogP contribution is 2.43. The third-order valence-electron chi connectivity index (χ3n) is 5.59. The minimum atomic E-state index is -0.0160. The third-order valence-corrected chi connectivity index (χ3v) is 6.09. The number of nitrogens with zero attached hydrogens (tertiary/aromatic N) is 3. The molecule has 1 aliphatic carbocycles. The highest BCUT2D eigenvalue weighted by Gasteiger charge is 2.45. The molecule has 1 aromatic heterocycles. The lowest BCUT2D eigenvalue weighted by Crippen LogP contribution is -2.35. The van der Waals surface area contributed by atoms with E-state index >= 15 is 0 Å². The number of halogens is 2. The van der Waals surface area contributed by atoms with Crippen LogP contribution in [0.2, 0.25) is 5.02 Å². The molecule has 5 nitrogen and oxygen atoms in total. The van der Waals surface area contributed by atoms with Crippen molar-refractivity contribution in [1.29, 1.82) is 0 Å². The predicted molar refractivity (Wildman–Crippen MR) is 110 cm³/mol. The Morgan fingerprint density at radius 1 is 1.23 bits per heavy atom. The lowest BCUT2D eigenvalue weighted by Gasteiger charge is -2.23. The molecule has 26 heavy (non-hydrogen) atoms. The Kier molecular flexibility index (Phi) is 5.08. The third kappa shape index (κ3) is 3.36. The molecule has 1 unspecified atom stereocenters. The molecule has 0 spiro atoms. The molecular weight excluding hydrogens is 369 g/mol. The van der Waals surface area contributed by atoms with Gasteiger partial charge in [0.1, 0.15) is 11.5 Å². The van der Waals surface area contributed by atoms with Gasteiger partial charge in [-0.15, -0.1) is 12.4 Å². The van der Waals surface area contributed by atoms with E-state index in [4.69, 9.17) is 23.1 Å². The number of hydrogen-bond acceptors (Lipinski definition) is 5. The van der Waals surface area contributed by atoms with Crippen molar-refractivity contribution >= 4 is 35.6 Å². The van der Waals surface area contributed by atoms with E-state index < -0.39 is 0 Å². The number of benzene rings is 1. The van der Waals surface area contributed by atoms with Crippen LogP contribution in [0.1, 0.15) is 25.3 Å². The van der Waals surface area contributed by atoms with Crippen molar-refractivity contribution in [1.82, 2.24) is 9.97 Å². The molecule has 1 aromatic carbocycles. The Balaban J connectivity index is 0.00000196. The smallest absolute Gasteiger partial charge is 0.152 e. The number of nitrogens with two attached hydrogens (primary N) is 2. The Hall–Kier alpha value is -1.56. The largest absolute Gasteiger partial charge is 0.382 e. The Bertz CT molecular complexity index is 808. The van der Waals surface area contributed by atoms with Gasteiger partial charge in [-0.2, -0.15) is 0 Å². The van der Waals surface area contributed by atoms with Gasteiger partial charge in [0.05, 0.1) is 11.2 Å². The van der Waals surface area contributed by atoms with Crippen LogP contribution in [0, 0.1) is 18.8 Å². The quantitative estimate of drug-likeness (QED) is 0.812. The molecule has 2 heterocycles. The fraction of sp³-hybridized carbons (Fsp3) is 0.474. The zero-order valence-electron chi connectivity index (χ0n) is 15.1. The Labute approximate surface area is 165 Å². The van der Waals surface area contributed by atoms with Crippen LogP contribution in [0.5, 0.6) is 0 Å². The maximum Gasteiger partial charge on any atom is 0.152 e. The van der Waals surface area contributed by atoms with E-state index in [9.17, 15) is 0 Å². The molecule has 4 rings (SSSR count). The van der Waals surface area contributed by atoms with Crippen LogP contribution >= 0.6 is 24.0 Å².